The molecule has 7 atom stereocenters. The Hall–Kier alpha value is -0.833. The van der Waals surface area contributed by atoms with Gasteiger partial charge in [-0.15, -0.1) is 6.58 Å². The van der Waals surface area contributed by atoms with Gasteiger partial charge in [0.1, 0.15) is 5.78 Å². The number of carbonyl (C=O) groups is 1. The second-order valence-corrected chi connectivity index (χ2v) is 18.9. The highest BCUT2D eigenvalue weighted by molar-refractivity contribution is 6.77. The van der Waals surface area contributed by atoms with Crippen molar-refractivity contribution in [2.24, 2.45) is 39.9 Å². The predicted octanol–water partition coefficient (Wildman–Crippen LogP) is 8.94. The molecule has 0 aromatic rings. The molecule has 0 N–H and O–H groups in total. The van der Waals surface area contributed by atoms with Crippen LogP contribution in [0.5, 0.6) is 0 Å². The van der Waals surface area contributed by atoms with Crippen LogP contribution >= 0.6 is 0 Å². The third kappa shape index (κ3) is 3.57. The first-order valence-corrected chi connectivity index (χ1v) is 15.8. The lowest BCUT2D eigenvalue weighted by Gasteiger charge is -2.61. The highest BCUT2D eigenvalue weighted by Gasteiger charge is 2.66. The number of ketones is 1. The summed E-state index contributed by atoms with van der Waals surface area (Å²) in [6.07, 6.45) is 8.53. The molecule has 0 spiro atoms. The minimum atomic E-state index is -2.10. The normalized spacial score (nSPS) is 41.6. The topological polar surface area (TPSA) is 26.3 Å². The Morgan fingerprint density at radius 3 is 2.06 bits per heavy atom. The molecule has 0 aliphatic heterocycles. The van der Waals surface area contributed by atoms with Gasteiger partial charge in [-0.2, -0.15) is 0 Å². The molecule has 3 aliphatic rings. The van der Waals surface area contributed by atoms with Crippen LogP contribution in [0, 0.1) is 39.9 Å². The number of carbonyl (C=O) groups excluding carboxylic acids is 1. The van der Waals surface area contributed by atoms with Crippen molar-refractivity contribution in [3.8, 4) is 0 Å². The first-order valence-electron chi connectivity index (χ1n) is 13.7. The monoisotopic (exact) mass is 472 g/mol. The van der Waals surface area contributed by atoms with Crippen molar-refractivity contribution in [1.29, 1.82) is 0 Å². The molecule has 33 heavy (non-hydrogen) atoms. The fourth-order valence-electron chi connectivity index (χ4n) is 8.81. The second-order valence-electron chi connectivity index (χ2n) is 13.5. The minimum absolute atomic E-state index is 0.113. The molecule has 2 bridgehead atoms. The van der Waals surface area contributed by atoms with E-state index in [1.165, 1.54) is 12.2 Å². The molecule has 3 rings (SSSR count). The summed E-state index contributed by atoms with van der Waals surface area (Å²) in [5, 5.41) is 0. The van der Waals surface area contributed by atoms with E-state index in [1.54, 1.807) is 0 Å². The molecule has 2 saturated carbocycles. The molecule has 3 heteroatoms. The zero-order valence-corrected chi connectivity index (χ0v) is 24.5. The Bertz CT molecular complexity index is 788. The lowest BCUT2D eigenvalue weighted by atomic mass is 9.43. The van der Waals surface area contributed by atoms with Crippen LogP contribution in [0.2, 0.25) is 16.6 Å². The van der Waals surface area contributed by atoms with Gasteiger partial charge in [0, 0.05) is 17.8 Å². The SMILES string of the molecule is C=CC1(C)CC(=O)C2(C)C(C)CCC3(CC=C(O[Si](C(C)C)(C(C)C)C(C)C)C23)[C@@H](C)C1C. The Kier molecular flexibility index (Phi) is 7.04. The third-order valence-electron chi connectivity index (χ3n) is 11.5. The van der Waals surface area contributed by atoms with E-state index in [-0.39, 0.29) is 22.2 Å². The van der Waals surface area contributed by atoms with Gasteiger partial charge in [0.15, 0.2) is 0 Å². The molecule has 188 valence electrons. The summed E-state index contributed by atoms with van der Waals surface area (Å²) in [5.41, 5.74) is 1.19. The van der Waals surface area contributed by atoms with Crippen LogP contribution in [0.1, 0.15) is 102 Å². The van der Waals surface area contributed by atoms with Crippen LogP contribution in [-0.2, 0) is 9.22 Å². The van der Waals surface area contributed by atoms with Crippen molar-refractivity contribution in [3.05, 3.63) is 24.5 Å². The number of Topliss-reactive ketones (excluding diaryl/α,β-unsaturated/α-hetero) is 1. The fourth-order valence-corrected chi connectivity index (χ4v) is 14.1. The van der Waals surface area contributed by atoms with Gasteiger partial charge in [-0.25, -0.2) is 0 Å². The van der Waals surface area contributed by atoms with Crippen molar-refractivity contribution in [1.82, 2.24) is 0 Å². The van der Waals surface area contributed by atoms with Gasteiger partial charge < -0.3 is 4.43 Å². The van der Waals surface area contributed by atoms with E-state index >= 15 is 0 Å². The molecule has 2 fully saturated rings. The van der Waals surface area contributed by atoms with Crippen LogP contribution in [-0.4, -0.2) is 14.1 Å². The van der Waals surface area contributed by atoms with Gasteiger partial charge in [0.05, 0.1) is 5.76 Å². The Balaban J connectivity index is 2.19. The smallest absolute Gasteiger partial charge is 0.258 e. The first kappa shape index (κ1) is 26.8. The van der Waals surface area contributed by atoms with Gasteiger partial charge in [0.2, 0.25) is 0 Å². The molecule has 0 heterocycles. The highest BCUT2D eigenvalue weighted by Crippen LogP contribution is 2.69. The molecule has 0 aromatic carbocycles. The van der Waals surface area contributed by atoms with Crippen LogP contribution < -0.4 is 0 Å². The summed E-state index contributed by atoms with van der Waals surface area (Å²) in [4.78, 5) is 14.3. The second kappa shape index (κ2) is 8.68. The summed E-state index contributed by atoms with van der Waals surface area (Å²) >= 11 is 0. The highest BCUT2D eigenvalue weighted by atomic mass is 28.4. The molecule has 6 unspecified atom stereocenters. The lowest BCUT2D eigenvalue weighted by molar-refractivity contribution is -0.159. The van der Waals surface area contributed by atoms with Crippen molar-refractivity contribution in [2.75, 3.05) is 0 Å². The van der Waals surface area contributed by atoms with Gasteiger partial charge in [-0.3, -0.25) is 4.79 Å². The number of allylic oxidation sites excluding steroid dienone is 3. The minimum Gasteiger partial charge on any atom is -0.546 e. The average molecular weight is 473 g/mol. The van der Waals surface area contributed by atoms with Crippen LogP contribution in [0.4, 0.5) is 0 Å². The van der Waals surface area contributed by atoms with Gasteiger partial charge in [-0.1, -0.05) is 82.2 Å². The Labute approximate surface area is 206 Å². The van der Waals surface area contributed by atoms with E-state index in [9.17, 15) is 4.79 Å². The predicted molar refractivity (Wildman–Crippen MR) is 144 cm³/mol. The first-order chi connectivity index (χ1) is 15.1. The average Bonchev–Trinajstić information content (AvgIpc) is 3.12. The molecular weight excluding hydrogens is 420 g/mol. The Morgan fingerprint density at radius 1 is 1.03 bits per heavy atom. The van der Waals surface area contributed by atoms with Gasteiger partial charge in [0.25, 0.3) is 8.32 Å². The molecule has 0 aromatic heterocycles. The summed E-state index contributed by atoms with van der Waals surface area (Å²) in [7, 11) is -2.10. The third-order valence-corrected chi connectivity index (χ3v) is 17.5. The van der Waals surface area contributed by atoms with Crippen LogP contribution in [0.15, 0.2) is 24.5 Å². The van der Waals surface area contributed by atoms with Gasteiger partial charge in [-0.05, 0) is 70.5 Å². The molecular formula is C30H52O2Si. The maximum Gasteiger partial charge on any atom is 0.258 e. The fraction of sp³-hybridized carbons (Fsp3) is 0.833. The maximum absolute atomic E-state index is 14.3. The van der Waals surface area contributed by atoms with Crippen molar-refractivity contribution >= 4 is 14.1 Å². The molecule has 0 saturated heterocycles. The van der Waals surface area contributed by atoms with Crippen molar-refractivity contribution in [3.63, 3.8) is 0 Å². The molecule has 2 nitrogen and oxygen atoms in total. The summed E-state index contributed by atoms with van der Waals surface area (Å²) in [6, 6.07) is 0. The number of rotatable bonds is 6. The van der Waals surface area contributed by atoms with E-state index in [0.29, 0.717) is 46.6 Å². The summed E-state index contributed by atoms with van der Waals surface area (Å²) in [5.74, 6) is 3.13. The summed E-state index contributed by atoms with van der Waals surface area (Å²) < 4.78 is 7.43. The maximum atomic E-state index is 14.3. The molecule has 3 aliphatic carbocycles. The molecule has 0 amide bonds. The summed E-state index contributed by atoms with van der Waals surface area (Å²) in [6.45, 7) is 30.2. The van der Waals surface area contributed by atoms with Crippen LogP contribution in [0.25, 0.3) is 0 Å². The number of hydrogen-bond donors (Lipinski definition) is 0. The zero-order chi connectivity index (χ0) is 25.1. The van der Waals surface area contributed by atoms with E-state index < -0.39 is 8.32 Å². The van der Waals surface area contributed by atoms with Crippen molar-refractivity contribution in [2.45, 2.75) is 118 Å². The lowest BCUT2D eigenvalue weighted by Crippen LogP contribution is -2.60. The van der Waals surface area contributed by atoms with Crippen molar-refractivity contribution < 1.29 is 9.22 Å². The van der Waals surface area contributed by atoms with E-state index in [1.807, 2.05) is 0 Å². The number of hydrogen-bond acceptors (Lipinski definition) is 2. The van der Waals surface area contributed by atoms with Gasteiger partial charge >= 0.3 is 0 Å². The largest absolute Gasteiger partial charge is 0.546 e. The molecule has 0 radical (unpaired) electrons. The van der Waals surface area contributed by atoms with E-state index in [0.717, 1.165) is 12.8 Å². The Morgan fingerprint density at radius 2 is 1.58 bits per heavy atom. The van der Waals surface area contributed by atoms with Crippen LogP contribution in [0.3, 0.4) is 0 Å². The standard InChI is InChI=1S/C30H52O2Si/c1-13-28(11)18-26(31)29(12)22(8)14-16-30(24(10)23(28)9)17-15-25(27(29)30)32-33(19(2)3,20(4)5)21(6)7/h13,15,19-24,27H,1,14,16-18H2,2-12H3/t22?,23?,24-,27?,28?,29?,30?/m0/s1. The van der Waals surface area contributed by atoms with E-state index in [2.05, 4.69) is 94.9 Å². The van der Waals surface area contributed by atoms with E-state index in [4.69, 9.17) is 4.43 Å². The quantitative estimate of drug-likeness (QED) is 0.285. The zero-order valence-electron chi connectivity index (χ0n) is 23.5.